The molecule has 4 rings (SSSR count). The van der Waals surface area contributed by atoms with Gasteiger partial charge in [-0.3, -0.25) is 9.59 Å². The lowest BCUT2D eigenvalue weighted by atomic mass is 9.72. The lowest BCUT2D eigenvalue weighted by Gasteiger charge is -2.35. The quantitative estimate of drug-likeness (QED) is 0.855. The van der Waals surface area contributed by atoms with Crippen LogP contribution in [-0.2, 0) is 9.59 Å². The van der Waals surface area contributed by atoms with E-state index >= 15 is 0 Å². The second-order valence-electron chi connectivity index (χ2n) is 7.69. The number of Topliss-reactive ketones (excluding diaryl/α,β-unsaturated/α-hetero) is 1. The van der Waals surface area contributed by atoms with E-state index in [2.05, 4.69) is 5.32 Å². The van der Waals surface area contributed by atoms with Gasteiger partial charge in [0.2, 0.25) is 5.91 Å². The summed E-state index contributed by atoms with van der Waals surface area (Å²) in [5.41, 5.74) is 4.60. The molecule has 2 aliphatic rings. The van der Waals surface area contributed by atoms with Crippen LogP contribution in [0.2, 0.25) is 0 Å². The number of hydrogen-bond acceptors (Lipinski definition) is 4. The Labute approximate surface area is 170 Å². The summed E-state index contributed by atoms with van der Waals surface area (Å²) in [6, 6.07) is 13.6. The first-order valence-corrected chi connectivity index (χ1v) is 9.85. The van der Waals surface area contributed by atoms with Crippen molar-refractivity contribution in [2.75, 3.05) is 14.2 Å². The summed E-state index contributed by atoms with van der Waals surface area (Å²) in [5, 5.41) is 2.98. The van der Waals surface area contributed by atoms with Gasteiger partial charge in [0.1, 0.15) is 11.5 Å². The molecule has 1 N–H and O–H groups in total. The van der Waals surface area contributed by atoms with Crippen molar-refractivity contribution in [3.8, 4) is 11.5 Å². The van der Waals surface area contributed by atoms with Gasteiger partial charge in [0, 0.05) is 41.5 Å². The van der Waals surface area contributed by atoms with Gasteiger partial charge in [-0.1, -0.05) is 24.3 Å². The molecule has 29 heavy (non-hydrogen) atoms. The number of amides is 1. The van der Waals surface area contributed by atoms with Gasteiger partial charge in [-0.25, -0.2) is 0 Å². The summed E-state index contributed by atoms with van der Waals surface area (Å²) in [5.74, 6) is 1.25. The summed E-state index contributed by atoms with van der Waals surface area (Å²) < 4.78 is 10.9. The Bertz CT molecular complexity index is 1010. The van der Waals surface area contributed by atoms with Crippen LogP contribution in [0.4, 0.5) is 0 Å². The lowest BCUT2D eigenvalue weighted by molar-refractivity contribution is -0.122. The topological polar surface area (TPSA) is 64.6 Å². The van der Waals surface area contributed by atoms with Crippen LogP contribution in [-0.4, -0.2) is 25.9 Å². The molecule has 0 saturated carbocycles. The molecule has 1 amide bonds. The highest BCUT2D eigenvalue weighted by molar-refractivity contribution is 6.02. The van der Waals surface area contributed by atoms with E-state index in [0.717, 1.165) is 39.5 Å². The van der Waals surface area contributed by atoms with Crippen LogP contribution < -0.4 is 14.8 Å². The van der Waals surface area contributed by atoms with Gasteiger partial charge in [-0.05, 0) is 42.7 Å². The van der Waals surface area contributed by atoms with Crippen molar-refractivity contribution >= 4 is 11.7 Å². The summed E-state index contributed by atoms with van der Waals surface area (Å²) in [6.45, 7) is 2.03. The molecule has 0 fully saturated rings. The van der Waals surface area contributed by atoms with Crippen molar-refractivity contribution in [1.29, 1.82) is 0 Å². The Morgan fingerprint density at radius 3 is 2.45 bits per heavy atom. The minimum Gasteiger partial charge on any atom is -0.497 e. The zero-order valence-corrected chi connectivity index (χ0v) is 17.0. The summed E-state index contributed by atoms with van der Waals surface area (Å²) in [6.07, 6.45) is 1.29. The average Bonchev–Trinajstić information content (AvgIpc) is 2.72. The summed E-state index contributed by atoms with van der Waals surface area (Å²) in [4.78, 5) is 25.8. The Balaban J connectivity index is 1.75. The van der Waals surface area contributed by atoms with Crippen molar-refractivity contribution in [2.45, 2.75) is 38.0 Å². The van der Waals surface area contributed by atoms with E-state index in [1.54, 1.807) is 14.2 Å². The third kappa shape index (κ3) is 3.53. The van der Waals surface area contributed by atoms with Crippen molar-refractivity contribution < 1.29 is 19.1 Å². The van der Waals surface area contributed by atoms with E-state index in [9.17, 15) is 9.59 Å². The summed E-state index contributed by atoms with van der Waals surface area (Å²) >= 11 is 0. The molecule has 0 bridgehead atoms. The normalized spacial score (nSPS) is 21.5. The molecule has 5 heteroatoms. The van der Waals surface area contributed by atoms with Crippen LogP contribution >= 0.6 is 0 Å². The Morgan fingerprint density at radius 2 is 1.72 bits per heavy atom. The molecule has 1 heterocycles. The van der Waals surface area contributed by atoms with Crippen LogP contribution in [0.15, 0.2) is 53.7 Å². The fourth-order valence-corrected chi connectivity index (χ4v) is 4.58. The van der Waals surface area contributed by atoms with Crippen molar-refractivity contribution in [3.05, 3.63) is 70.4 Å². The van der Waals surface area contributed by atoms with Crippen LogP contribution in [0.3, 0.4) is 0 Å². The Hall–Kier alpha value is -3.08. The van der Waals surface area contributed by atoms with E-state index < -0.39 is 0 Å². The van der Waals surface area contributed by atoms with Gasteiger partial charge in [0.15, 0.2) is 5.78 Å². The fraction of sp³-hybridized carbons (Fsp3) is 0.333. The predicted octanol–water partition coefficient (Wildman–Crippen LogP) is 4.02. The minimum absolute atomic E-state index is 0.0388. The van der Waals surface area contributed by atoms with Crippen LogP contribution in [0.5, 0.6) is 11.5 Å². The number of carbonyl (C=O) groups excluding carboxylic acids is 2. The number of benzene rings is 2. The maximum absolute atomic E-state index is 13.3. The van der Waals surface area contributed by atoms with Crippen LogP contribution in [0.25, 0.3) is 0 Å². The lowest BCUT2D eigenvalue weighted by Crippen LogP contribution is -2.38. The van der Waals surface area contributed by atoms with Gasteiger partial charge in [0.05, 0.1) is 14.2 Å². The molecule has 0 radical (unpaired) electrons. The molecule has 2 aromatic rings. The van der Waals surface area contributed by atoms with Crippen molar-refractivity contribution in [3.63, 3.8) is 0 Å². The van der Waals surface area contributed by atoms with Crippen LogP contribution in [0.1, 0.15) is 47.8 Å². The first-order valence-electron chi connectivity index (χ1n) is 9.85. The molecule has 2 aromatic carbocycles. The maximum atomic E-state index is 13.3. The fourth-order valence-electron chi connectivity index (χ4n) is 4.58. The maximum Gasteiger partial charge on any atom is 0.225 e. The third-order valence-corrected chi connectivity index (χ3v) is 5.98. The number of hydrogen-bond donors (Lipinski definition) is 1. The SMILES string of the molecule is COc1ccc(OC)c([C@H]2CC(=O)C3=C(C2)NC(=O)C[C@@H]3c2ccccc2C)c1. The third-order valence-electron chi connectivity index (χ3n) is 5.98. The highest BCUT2D eigenvalue weighted by atomic mass is 16.5. The Morgan fingerprint density at radius 1 is 0.931 bits per heavy atom. The predicted molar refractivity (Wildman–Crippen MR) is 110 cm³/mol. The highest BCUT2D eigenvalue weighted by Crippen LogP contribution is 2.45. The van der Waals surface area contributed by atoms with Crippen molar-refractivity contribution in [2.24, 2.45) is 0 Å². The number of nitrogens with one attached hydrogen (secondary N) is 1. The molecule has 150 valence electrons. The molecule has 2 atom stereocenters. The van der Waals surface area contributed by atoms with E-state index in [4.69, 9.17) is 9.47 Å². The van der Waals surface area contributed by atoms with E-state index in [0.29, 0.717) is 19.3 Å². The number of aryl methyl sites for hydroxylation is 1. The molecule has 5 nitrogen and oxygen atoms in total. The van der Waals surface area contributed by atoms with E-state index in [-0.39, 0.29) is 23.5 Å². The molecular weight excluding hydrogens is 366 g/mol. The zero-order valence-electron chi connectivity index (χ0n) is 17.0. The smallest absolute Gasteiger partial charge is 0.225 e. The minimum atomic E-state index is -0.180. The van der Waals surface area contributed by atoms with Crippen molar-refractivity contribution in [1.82, 2.24) is 5.32 Å². The second-order valence-corrected chi connectivity index (χ2v) is 7.69. The molecule has 0 unspecified atom stereocenters. The zero-order chi connectivity index (χ0) is 20.5. The number of ether oxygens (including phenoxy) is 2. The van der Waals surface area contributed by atoms with Gasteiger partial charge >= 0.3 is 0 Å². The monoisotopic (exact) mass is 391 g/mol. The number of rotatable bonds is 4. The van der Waals surface area contributed by atoms with E-state index in [1.165, 1.54) is 0 Å². The Kier molecular flexibility index (Phi) is 5.14. The number of allylic oxidation sites excluding steroid dienone is 2. The molecular formula is C24H25NO4. The average molecular weight is 391 g/mol. The molecule has 1 aliphatic carbocycles. The second kappa shape index (κ2) is 7.74. The molecule has 0 spiro atoms. The van der Waals surface area contributed by atoms with E-state index in [1.807, 2.05) is 49.4 Å². The molecule has 0 saturated heterocycles. The van der Waals surface area contributed by atoms with Gasteiger partial charge in [0.25, 0.3) is 0 Å². The molecule has 0 aromatic heterocycles. The number of methoxy groups -OCH3 is 2. The standard InChI is InChI=1S/C24H25NO4/c1-14-6-4-5-7-17(14)19-13-23(27)25-20-10-15(11-21(26)24(19)20)18-12-16(28-2)8-9-22(18)29-3/h4-9,12,15,19H,10-11,13H2,1-3H3,(H,25,27)/t15-,19-/m1/s1. The largest absolute Gasteiger partial charge is 0.497 e. The van der Waals surface area contributed by atoms with Gasteiger partial charge < -0.3 is 14.8 Å². The first kappa shape index (κ1) is 19.2. The van der Waals surface area contributed by atoms with Gasteiger partial charge in [-0.15, -0.1) is 0 Å². The number of ketones is 1. The first-order chi connectivity index (χ1) is 14.0. The summed E-state index contributed by atoms with van der Waals surface area (Å²) in [7, 11) is 3.24. The van der Waals surface area contributed by atoms with Gasteiger partial charge in [-0.2, -0.15) is 0 Å². The van der Waals surface area contributed by atoms with Crippen LogP contribution in [0, 0.1) is 6.92 Å². The highest BCUT2D eigenvalue weighted by Gasteiger charge is 2.39. The molecule has 1 aliphatic heterocycles. The number of carbonyl (C=O) groups is 2.